The van der Waals surface area contributed by atoms with Gasteiger partial charge in [-0.05, 0) is 34.0 Å². The lowest BCUT2D eigenvalue weighted by molar-refractivity contribution is -0.386. The number of nitrogens with zero attached hydrogens (tertiary/aromatic N) is 1. The first kappa shape index (κ1) is 12.5. The van der Waals surface area contributed by atoms with Crippen LogP contribution in [0.2, 0.25) is 0 Å². The zero-order valence-corrected chi connectivity index (χ0v) is 10.2. The van der Waals surface area contributed by atoms with Crippen molar-refractivity contribution < 1.29 is 14.8 Å². The molecule has 0 saturated carbocycles. The van der Waals surface area contributed by atoms with Crippen molar-refractivity contribution in [1.29, 1.82) is 0 Å². The molecule has 0 bridgehead atoms. The predicted octanol–water partition coefficient (Wildman–Crippen LogP) is 2.73. The molecule has 0 saturated heterocycles. The van der Waals surface area contributed by atoms with Crippen molar-refractivity contribution >= 4 is 17.0 Å². The van der Waals surface area contributed by atoms with Gasteiger partial charge in [-0.15, -0.1) is 0 Å². The van der Waals surface area contributed by atoms with Crippen LogP contribution in [0.15, 0.2) is 35.0 Å². The molecule has 0 radical (unpaired) electrons. The van der Waals surface area contributed by atoms with E-state index < -0.39 is 4.92 Å². The zero-order valence-electron chi connectivity index (χ0n) is 9.41. The van der Waals surface area contributed by atoms with E-state index in [4.69, 9.17) is 9.84 Å². The Morgan fingerprint density at radius 1 is 1.33 bits per heavy atom. The van der Waals surface area contributed by atoms with Crippen LogP contribution in [0.1, 0.15) is 11.1 Å². The van der Waals surface area contributed by atoms with Crippen LogP contribution in [0.25, 0.3) is 0 Å². The lowest BCUT2D eigenvalue weighted by atomic mass is 10.2. The summed E-state index contributed by atoms with van der Waals surface area (Å²) in [6.45, 7) is 0.0640. The number of ether oxygens (including phenoxy) is 1. The molecular formula is C12H11NO4S. The maximum atomic E-state index is 10.9. The number of hydrogen-bond acceptors (Lipinski definition) is 5. The van der Waals surface area contributed by atoms with E-state index in [9.17, 15) is 10.1 Å². The lowest BCUT2D eigenvalue weighted by Gasteiger charge is -2.06. The number of rotatable bonds is 5. The highest BCUT2D eigenvalue weighted by atomic mass is 32.1. The monoisotopic (exact) mass is 265 g/mol. The van der Waals surface area contributed by atoms with E-state index in [-0.39, 0.29) is 18.0 Å². The summed E-state index contributed by atoms with van der Waals surface area (Å²) in [5, 5.41) is 23.7. The molecular weight excluding hydrogens is 254 g/mol. The summed E-state index contributed by atoms with van der Waals surface area (Å²) in [4.78, 5) is 10.4. The van der Waals surface area contributed by atoms with Crippen molar-refractivity contribution in [3.8, 4) is 5.75 Å². The second kappa shape index (κ2) is 5.61. The van der Waals surface area contributed by atoms with Crippen LogP contribution in [-0.2, 0) is 13.2 Å². The minimum atomic E-state index is -0.512. The van der Waals surface area contributed by atoms with Crippen LogP contribution >= 0.6 is 11.3 Å². The second-order valence-corrected chi connectivity index (χ2v) is 4.42. The molecule has 2 aromatic rings. The van der Waals surface area contributed by atoms with E-state index in [1.807, 2.05) is 16.8 Å². The van der Waals surface area contributed by atoms with Crippen LogP contribution in [0.4, 0.5) is 5.69 Å². The van der Waals surface area contributed by atoms with Crippen molar-refractivity contribution in [2.24, 2.45) is 0 Å². The fourth-order valence-corrected chi connectivity index (χ4v) is 2.12. The maximum Gasteiger partial charge on any atom is 0.311 e. The van der Waals surface area contributed by atoms with Gasteiger partial charge in [0.2, 0.25) is 0 Å². The standard InChI is InChI=1S/C12H11NO4S/c14-6-9-1-2-12(11(5-9)13(15)16)17-7-10-3-4-18-8-10/h1-5,8,14H,6-7H2. The average Bonchev–Trinajstić information content (AvgIpc) is 2.89. The molecule has 0 unspecified atom stereocenters. The third-order valence-corrected chi connectivity index (χ3v) is 3.11. The number of benzene rings is 1. The highest BCUT2D eigenvalue weighted by molar-refractivity contribution is 7.07. The Bertz CT molecular complexity index is 539. The molecule has 0 aliphatic rings. The maximum absolute atomic E-state index is 10.9. The molecule has 18 heavy (non-hydrogen) atoms. The van der Waals surface area contributed by atoms with Crippen molar-refractivity contribution in [2.45, 2.75) is 13.2 Å². The van der Waals surface area contributed by atoms with Gasteiger partial charge in [-0.1, -0.05) is 6.07 Å². The van der Waals surface area contributed by atoms with Gasteiger partial charge in [0, 0.05) is 6.07 Å². The predicted molar refractivity (Wildman–Crippen MR) is 67.7 cm³/mol. The third kappa shape index (κ3) is 2.85. The Morgan fingerprint density at radius 3 is 2.78 bits per heavy atom. The number of nitro groups is 1. The minimum Gasteiger partial charge on any atom is -0.482 e. The molecule has 1 N–H and O–H groups in total. The van der Waals surface area contributed by atoms with Crippen LogP contribution in [0.5, 0.6) is 5.75 Å². The van der Waals surface area contributed by atoms with E-state index in [0.29, 0.717) is 12.2 Å². The zero-order chi connectivity index (χ0) is 13.0. The third-order valence-electron chi connectivity index (χ3n) is 2.38. The Morgan fingerprint density at radius 2 is 2.17 bits per heavy atom. The summed E-state index contributed by atoms with van der Waals surface area (Å²) >= 11 is 1.54. The molecule has 94 valence electrons. The summed E-state index contributed by atoms with van der Waals surface area (Å²) < 4.78 is 5.43. The fraction of sp³-hybridized carbons (Fsp3) is 0.167. The van der Waals surface area contributed by atoms with Crippen LogP contribution in [-0.4, -0.2) is 10.0 Å². The molecule has 5 nitrogen and oxygen atoms in total. The Hall–Kier alpha value is -1.92. The van der Waals surface area contributed by atoms with Crippen LogP contribution in [0, 0.1) is 10.1 Å². The molecule has 0 aliphatic heterocycles. The first-order chi connectivity index (χ1) is 8.70. The molecule has 6 heteroatoms. The molecule has 1 aromatic heterocycles. The Kier molecular flexibility index (Phi) is 3.91. The molecule has 0 fully saturated rings. The summed E-state index contributed by atoms with van der Waals surface area (Å²) in [5.74, 6) is 0.211. The summed E-state index contributed by atoms with van der Waals surface area (Å²) in [6, 6.07) is 6.34. The van der Waals surface area contributed by atoms with Gasteiger partial charge in [0.1, 0.15) is 6.61 Å². The number of hydrogen-bond donors (Lipinski definition) is 1. The van der Waals surface area contributed by atoms with Gasteiger partial charge in [-0.25, -0.2) is 0 Å². The number of nitro benzene ring substituents is 1. The van der Waals surface area contributed by atoms with Gasteiger partial charge in [0.15, 0.2) is 5.75 Å². The molecule has 1 heterocycles. The minimum absolute atomic E-state index is 0.128. The molecule has 0 spiro atoms. The van der Waals surface area contributed by atoms with Gasteiger partial charge >= 0.3 is 5.69 Å². The van der Waals surface area contributed by atoms with E-state index in [0.717, 1.165) is 5.56 Å². The first-order valence-corrected chi connectivity index (χ1v) is 6.17. The summed E-state index contributed by atoms with van der Waals surface area (Å²) in [7, 11) is 0. The molecule has 1 aromatic carbocycles. The van der Waals surface area contributed by atoms with E-state index in [1.165, 1.54) is 12.1 Å². The Labute approximate surface area is 107 Å². The van der Waals surface area contributed by atoms with Crippen LogP contribution in [0.3, 0.4) is 0 Å². The van der Waals surface area contributed by atoms with Crippen LogP contribution < -0.4 is 4.74 Å². The summed E-state index contributed by atoms with van der Waals surface area (Å²) in [5.41, 5.74) is 1.34. The number of aliphatic hydroxyl groups is 1. The smallest absolute Gasteiger partial charge is 0.311 e. The Balaban J connectivity index is 2.18. The number of aliphatic hydroxyl groups excluding tert-OH is 1. The van der Waals surface area contributed by atoms with E-state index >= 15 is 0 Å². The van der Waals surface area contributed by atoms with Gasteiger partial charge in [0.05, 0.1) is 11.5 Å². The first-order valence-electron chi connectivity index (χ1n) is 5.23. The molecule has 0 amide bonds. The molecule has 2 rings (SSSR count). The second-order valence-electron chi connectivity index (χ2n) is 3.64. The highest BCUT2D eigenvalue weighted by Gasteiger charge is 2.15. The van der Waals surface area contributed by atoms with Crippen molar-refractivity contribution in [1.82, 2.24) is 0 Å². The van der Waals surface area contributed by atoms with Crippen molar-refractivity contribution in [3.63, 3.8) is 0 Å². The lowest BCUT2D eigenvalue weighted by Crippen LogP contribution is -1.99. The highest BCUT2D eigenvalue weighted by Crippen LogP contribution is 2.28. The number of thiophene rings is 1. The normalized spacial score (nSPS) is 10.3. The molecule has 0 atom stereocenters. The van der Waals surface area contributed by atoms with Gasteiger partial charge in [-0.2, -0.15) is 11.3 Å². The van der Waals surface area contributed by atoms with Gasteiger partial charge < -0.3 is 9.84 Å². The van der Waals surface area contributed by atoms with Gasteiger partial charge in [-0.3, -0.25) is 10.1 Å². The van der Waals surface area contributed by atoms with Crippen molar-refractivity contribution in [3.05, 3.63) is 56.3 Å². The average molecular weight is 265 g/mol. The largest absolute Gasteiger partial charge is 0.482 e. The van der Waals surface area contributed by atoms with E-state index in [2.05, 4.69) is 0 Å². The summed E-state index contributed by atoms with van der Waals surface area (Å²) in [6.07, 6.45) is 0. The SMILES string of the molecule is O=[N+]([O-])c1cc(CO)ccc1OCc1ccsc1. The van der Waals surface area contributed by atoms with Gasteiger partial charge in [0.25, 0.3) is 0 Å². The topological polar surface area (TPSA) is 72.6 Å². The van der Waals surface area contributed by atoms with E-state index in [1.54, 1.807) is 17.4 Å². The van der Waals surface area contributed by atoms with Crippen molar-refractivity contribution in [2.75, 3.05) is 0 Å². The fourth-order valence-electron chi connectivity index (χ4n) is 1.46. The molecule has 0 aliphatic carbocycles. The quantitative estimate of drug-likeness (QED) is 0.666.